The van der Waals surface area contributed by atoms with Crippen LogP contribution in [0.4, 0.5) is 5.69 Å². The van der Waals surface area contributed by atoms with Crippen LogP contribution >= 0.6 is 11.6 Å². The Morgan fingerprint density at radius 1 is 1.43 bits per heavy atom. The van der Waals surface area contributed by atoms with E-state index in [9.17, 15) is 4.79 Å². The Bertz CT molecular complexity index is 415. The molecule has 0 saturated heterocycles. The second-order valence-corrected chi connectivity index (χ2v) is 4.38. The van der Waals surface area contributed by atoms with Crippen LogP contribution in [0, 0.1) is 0 Å². The summed E-state index contributed by atoms with van der Waals surface area (Å²) in [5.41, 5.74) is 1.05. The molecule has 0 aliphatic carbocycles. The molecule has 1 aliphatic rings. The Balaban J connectivity index is 2.69. The van der Waals surface area contributed by atoms with Gasteiger partial charge in [-0.1, -0.05) is 11.6 Å². The normalized spacial score (nSPS) is 18.6. The van der Waals surface area contributed by atoms with E-state index in [0.29, 0.717) is 5.15 Å². The van der Waals surface area contributed by atoms with Gasteiger partial charge in [-0.3, -0.25) is 4.79 Å². The van der Waals surface area contributed by atoms with Gasteiger partial charge >= 0.3 is 0 Å². The van der Waals surface area contributed by atoms with Crippen molar-refractivity contribution in [2.75, 3.05) is 11.9 Å². The molecule has 1 aromatic rings. The van der Waals surface area contributed by atoms with Crippen molar-refractivity contribution in [1.29, 1.82) is 0 Å². The van der Waals surface area contributed by atoms with Gasteiger partial charge in [0.25, 0.3) is 0 Å². The number of hydrogen-bond donors (Lipinski definition) is 0. The number of amides is 1. The van der Waals surface area contributed by atoms with Crippen molar-refractivity contribution in [2.24, 2.45) is 0 Å². The maximum atomic E-state index is 11.8. The Morgan fingerprint density at radius 2 is 2.07 bits per heavy atom. The highest BCUT2D eigenvalue weighted by atomic mass is 35.5. The second kappa shape index (κ2) is 2.70. The summed E-state index contributed by atoms with van der Waals surface area (Å²) >= 11 is 5.81. The van der Waals surface area contributed by atoms with Crippen LogP contribution in [0.5, 0.6) is 0 Å². The van der Waals surface area contributed by atoms with Gasteiger partial charge in [0.05, 0.1) is 16.8 Å². The molecule has 1 amide bonds. The molecule has 1 aliphatic heterocycles. The smallest absolute Gasteiger partial charge is 0.238 e. The minimum Gasteiger partial charge on any atom is -0.313 e. The number of hydrogen-bond acceptors (Lipinski definition) is 2. The van der Waals surface area contributed by atoms with Gasteiger partial charge in [-0.2, -0.15) is 0 Å². The lowest BCUT2D eigenvalue weighted by Crippen LogP contribution is -2.33. The highest BCUT2D eigenvalue weighted by Crippen LogP contribution is 2.39. The van der Waals surface area contributed by atoms with Crippen LogP contribution in [0.2, 0.25) is 5.15 Å². The summed E-state index contributed by atoms with van der Waals surface area (Å²) < 4.78 is 0. The Labute approximate surface area is 87.7 Å². The van der Waals surface area contributed by atoms with E-state index in [1.807, 2.05) is 19.9 Å². The van der Waals surface area contributed by atoms with Gasteiger partial charge in [0, 0.05) is 7.05 Å². The SMILES string of the molecule is CN1C(=O)C(C)(C)c2nc(Cl)ccc21. The van der Waals surface area contributed by atoms with E-state index in [1.54, 1.807) is 18.0 Å². The predicted octanol–water partition coefficient (Wildman–Crippen LogP) is 1.99. The quantitative estimate of drug-likeness (QED) is 0.614. The first kappa shape index (κ1) is 9.46. The number of carbonyl (C=O) groups is 1. The number of fused-ring (bicyclic) bond motifs is 1. The number of aromatic nitrogens is 1. The topological polar surface area (TPSA) is 33.2 Å². The third-order valence-corrected chi connectivity index (χ3v) is 2.84. The van der Waals surface area contributed by atoms with Crippen LogP contribution in [-0.2, 0) is 10.2 Å². The van der Waals surface area contributed by atoms with Gasteiger partial charge in [-0.25, -0.2) is 4.98 Å². The van der Waals surface area contributed by atoms with E-state index < -0.39 is 5.41 Å². The van der Waals surface area contributed by atoms with Crippen molar-refractivity contribution in [3.63, 3.8) is 0 Å². The van der Waals surface area contributed by atoms with Gasteiger partial charge < -0.3 is 4.90 Å². The summed E-state index contributed by atoms with van der Waals surface area (Å²) in [6.45, 7) is 3.72. The average Bonchev–Trinajstić information content (AvgIpc) is 2.29. The maximum Gasteiger partial charge on any atom is 0.238 e. The molecule has 3 nitrogen and oxygen atoms in total. The summed E-state index contributed by atoms with van der Waals surface area (Å²) in [5.74, 6) is 0.0577. The zero-order valence-corrected chi connectivity index (χ0v) is 9.09. The number of pyridine rings is 1. The molecule has 0 radical (unpaired) electrons. The highest BCUT2D eigenvalue weighted by Gasteiger charge is 2.43. The van der Waals surface area contributed by atoms with Crippen molar-refractivity contribution in [3.8, 4) is 0 Å². The molecule has 0 fully saturated rings. The number of carbonyl (C=O) groups excluding carboxylic acids is 1. The molecule has 1 aromatic heterocycles. The lowest BCUT2D eigenvalue weighted by atomic mass is 9.90. The van der Waals surface area contributed by atoms with Crippen molar-refractivity contribution in [1.82, 2.24) is 4.98 Å². The van der Waals surface area contributed by atoms with Crippen LogP contribution in [0.3, 0.4) is 0 Å². The van der Waals surface area contributed by atoms with Crippen molar-refractivity contribution < 1.29 is 4.79 Å². The molecule has 2 rings (SSSR count). The van der Waals surface area contributed by atoms with Crippen LogP contribution in [0.1, 0.15) is 19.5 Å². The summed E-state index contributed by atoms with van der Waals surface area (Å²) in [6, 6.07) is 3.53. The fraction of sp³-hybridized carbons (Fsp3) is 0.400. The molecule has 0 saturated carbocycles. The maximum absolute atomic E-state index is 11.8. The van der Waals surface area contributed by atoms with Gasteiger partial charge in [0.15, 0.2) is 0 Å². The van der Waals surface area contributed by atoms with E-state index in [-0.39, 0.29) is 5.91 Å². The first-order chi connectivity index (χ1) is 6.44. The first-order valence-corrected chi connectivity index (χ1v) is 4.77. The molecular weight excluding hydrogens is 200 g/mol. The molecule has 2 heterocycles. The molecule has 74 valence electrons. The summed E-state index contributed by atoms with van der Waals surface area (Å²) in [5, 5.41) is 0.430. The molecule has 4 heteroatoms. The van der Waals surface area contributed by atoms with Crippen LogP contribution in [0.15, 0.2) is 12.1 Å². The summed E-state index contributed by atoms with van der Waals surface area (Å²) in [4.78, 5) is 17.7. The molecule has 0 spiro atoms. The second-order valence-electron chi connectivity index (χ2n) is 3.99. The van der Waals surface area contributed by atoms with E-state index in [4.69, 9.17) is 11.6 Å². The molecule has 0 atom stereocenters. The number of anilines is 1. The largest absolute Gasteiger partial charge is 0.313 e. The molecule has 0 bridgehead atoms. The number of halogens is 1. The molecule has 14 heavy (non-hydrogen) atoms. The molecular formula is C10H11ClN2O. The van der Waals surface area contributed by atoms with E-state index in [1.165, 1.54) is 0 Å². The van der Waals surface area contributed by atoms with E-state index >= 15 is 0 Å². The van der Waals surface area contributed by atoms with Gasteiger partial charge in [-0.15, -0.1) is 0 Å². The van der Waals surface area contributed by atoms with Gasteiger partial charge in [0.1, 0.15) is 5.15 Å². The number of nitrogens with zero attached hydrogens (tertiary/aromatic N) is 2. The highest BCUT2D eigenvalue weighted by molar-refractivity contribution is 6.29. The Kier molecular flexibility index (Phi) is 1.83. The fourth-order valence-corrected chi connectivity index (χ4v) is 1.94. The summed E-state index contributed by atoms with van der Waals surface area (Å²) in [7, 11) is 1.76. The molecule has 0 aromatic carbocycles. The van der Waals surface area contributed by atoms with Crippen LogP contribution < -0.4 is 4.90 Å². The summed E-state index contributed by atoms with van der Waals surface area (Å²) in [6.07, 6.45) is 0. The van der Waals surface area contributed by atoms with Crippen LogP contribution in [-0.4, -0.2) is 17.9 Å². The zero-order chi connectivity index (χ0) is 10.5. The molecule has 0 unspecified atom stereocenters. The van der Waals surface area contributed by atoms with Gasteiger partial charge in [-0.05, 0) is 26.0 Å². The first-order valence-electron chi connectivity index (χ1n) is 4.40. The van der Waals surface area contributed by atoms with Gasteiger partial charge in [0.2, 0.25) is 5.91 Å². The minimum atomic E-state index is -0.561. The Morgan fingerprint density at radius 3 is 2.71 bits per heavy atom. The standard InChI is InChI=1S/C10H11ClN2O/c1-10(2)8-6(13(3)9(10)14)4-5-7(11)12-8/h4-5H,1-3H3. The lowest BCUT2D eigenvalue weighted by Gasteiger charge is -2.15. The predicted molar refractivity (Wildman–Crippen MR) is 55.7 cm³/mol. The van der Waals surface area contributed by atoms with Crippen molar-refractivity contribution in [2.45, 2.75) is 19.3 Å². The van der Waals surface area contributed by atoms with Crippen molar-refractivity contribution in [3.05, 3.63) is 23.0 Å². The molecule has 0 N–H and O–H groups in total. The Hall–Kier alpha value is -1.09. The van der Waals surface area contributed by atoms with E-state index in [0.717, 1.165) is 11.4 Å². The zero-order valence-electron chi connectivity index (χ0n) is 8.34. The fourth-order valence-electron chi connectivity index (χ4n) is 1.79. The lowest BCUT2D eigenvalue weighted by molar-refractivity contribution is -0.121. The minimum absolute atomic E-state index is 0.0577. The van der Waals surface area contributed by atoms with E-state index in [2.05, 4.69) is 4.98 Å². The third kappa shape index (κ3) is 1.05. The average molecular weight is 211 g/mol. The van der Waals surface area contributed by atoms with Crippen LogP contribution in [0.25, 0.3) is 0 Å². The monoisotopic (exact) mass is 210 g/mol. The third-order valence-electron chi connectivity index (χ3n) is 2.63. The number of rotatable bonds is 0. The number of likely N-dealkylation sites (N-methyl/N-ethyl adjacent to an activating group) is 1. The van der Waals surface area contributed by atoms with Crippen molar-refractivity contribution >= 4 is 23.2 Å².